The molecule has 116 valence electrons. The normalized spacial score (nSPS) is 15.5. The Morgan fingerprint density at radius 2 is 2.00 bits per heavy atom. The predicted molar refractivity (Wildman–Crippen MR) is 80.8 cm³/mol. The van der Waals surface area contributed by atoms with Crippen molar-refractivity contribution < 1.29 is 12.8 Å². The summed E-state index contributed by atoms with van der Waals surface area (Å²) in [5.41, 5.74) is 1.85. The average molecular weight is 330 g/mol. The van der Waals surface area contributed by atoms with E-state index in [1.54, 1.807) is 30.3 Å². The lowest BCUT2D eigenvalue weighted by Crippen LogP contribution is -2.21. The van der Waals surface area contributed by atoms with Gasteiger partial charge in [0.15, 0.2) is 0 Å². The van der Waals surface area contributed by atoms with Gasteiger partial charge in [-0.05, 0) is 23.8 Å². The molecule has 3 aromatic rings. The summed E-state index contributed by atoms with van der Waals surface area (Å²) in [6, 6.07) is 11.0. The first-order valence-electron chi connectivity index (χ1n) is 6.85. The number of nitrogens with zero attached hydrogens (tertiary/aromatic N) is 3. The summed E-state index contributed by atoms with van der Waals surface area (Å²) in [5, 5.41) is 7.74. The summed E-state index contributed by atoms with van der Waals surface area (Å²) in [6.45, 7) is 0.0963. The molecule has 0 atom stereocenters. The molecule has 8 heteroatoms. The second-order valence-corrected chi connectivity index (χ2v) is 6.86. The first kappa shape index (κ1) is 14.0. The van der Waals surface area contributed by atoms with E-state index in [1.165, 1.54) is 23.0 Å². The summed E-state index contributed by atoms with van der Waals surface area (Å²) in [7, 11) is -3.72. The van der Waals surface area contributed by atoms with Crippen LogP contribution in [0.1, 0.15) is 5.69 Å². The highest BCUT2D eigenvalue weighted by atomic mass is 32.2. The minimum Gasteiger partial charge on any atom is -0.215 e. The van der Waals surface area contributed by atoms with E-state index in [-0.39, 0.29) is 11.4 Å². The standard InChI is InChI=1S/C15H11FN4O2S/c16-13-4-2-1-3-12(13)10-5-6-14-15(7-10)23(21,22)18-9-11-8-17-19-20(11)14/h1-8,18H,9H2. The quantitative estimate of drug-likeness (QED) is 0.739. The van der Waals surface area contributed by atoms with E-state index >= 15 is 0 Å². The van der Waals surface area contributed by atoms with Gasteiger partial charge >= 0.3 is 0 Å². The fraction of sp³-hybridized carbons (Fsp3) is 0.0667. The number of fused-ring (bicyclic) bond motifs is 3. The average Bonchev–Trinajstić information content (AvgIpc) is 2.98. The third-order valence-electron chi connectivity index (χ3n) is 3.73. The molecule has 0 spiro atoms. The summed E-state index contributed by atoms with van der Waals surface area (Å²) >= 11 is 0. The maximum absolute atomic E-state index is 14.0. The Bertz CT molecular complexity index is 1010. The third kappa shape index (κ3) is 2.23. The molecule has 0 fully saturated rings. The second-order valence-electron chi connectivity index (χ2n) is 5.12. The Kier molecular flexibility index (Phi) is 3.03. The van der Waals surface area contributed by atoms with Crippen molar-refractivity contribution in [3.63, 3.8) is 0 Å². The van der Waals surface area contributed by atoms with Crippen molar-refractivity contribution in [2.75, 3.05) is 0 Å². The van der Waals surface area contributed by atoms with Crippen LogP contribution in [0.15, 0.2) is 53.6 Å². The van der Waals surface area contributed by atoms with Crippen LogP contribution in [-0.2, 0) is 16.6 Å². The molecule has 0 unspecified atom stereocenters. The number of hydrogen-bond donors (Lipinski definition) is 1. The van der Waals surface area contributed by atoms with E-state index in [0.29, 0.717) is 22.5 Å². The molecule has 23 heavy (non-hydrogen) atoms. The maximum atomic E-state index is 14.0. The molecule has 6 nitrogen and oxygen atoms in total. The number of aromatic nitrogens is 3. The van der Waals surface area contributed by atoms with E-state index in [2.05, 4.69) is 15.0 Å². The van der Waals surface area contributed by atoms with Gasteiger partial charge in [-0.2, -0.15) is 0 Å². The molecule has 2 heterocycles. The number of hydrogen-bond acceptors (Lipinski definition) is 4. The van der Waals surface area contributed by atoms with Crippen LogP contribution in [-0.4, -0.2) is 23.4 Å². The summed E-state index contributed by atoms with van der Waals surface area (Å²) in [6.07, 6.45) is 1.50. The van der Waals surface area contributed by atoms with Gasteiger partial charge < -0.3 is 0 Å². The first-order valence-corrected chi connectivity index (χ1v) is 8.33. The van der Waals surface area contributed by atoms with Crippen molar-refractivity contribution in [1.29, 1.82) is 0 Å². The molecule has 1 aliphatic heterocycles. The Morgan fingerprint density at radius 3 is 2.83 bits per heavy atom. The van der Waals surface area contributed by atoms with E-state index in [1.807, 2.05) is 0 Å². The predicted octanol–water partition coefficient (Wildman–Crippen LogP) is 1.87. The molecule has 0 aliphatic carbocycles. The third-order valence-corrected chi connectivity index (χ3v) is 5.16. The van der Waals surface area contributed by atoms with Gasteiger partial charge in [0.2, 0.25) is 10.0 Å². The van der Waals surface area contributed by atoms with Gasteiger partial charge in [0, 0.05) is 5.56 Å². The molecule has 1 N–H and O–H groups in total. The van der Waals surface area contributed by atoms with Gasteiger partial charge in [-0.15, -0.1) is 5.10 Å². The molecule has 1 aromatic heterocycles. The highest BCUT2D eigenvalue weighted by molar-refractivity contribution is 7.89. The van der Waals surface area contributed by atoms with E-state index < -0.39 is 15.8 Å². The van der Waals surface area contributed by atoms with Crippen molar-refractivity contribution in [1.82, 2.24) is 19.7 Å². The Labute approximate surface area is 131 Å². The van der Waals surface area contributed by atoms with Crippen LogP contribution in [0, 0.1) is 5.82 Å². The summed E-state index contributed by atoms with van der Waals surface area (Å²) in [5.74, 6) is -0.409. The summed E-state index contributed by atoms with van der Waals surface area (Å²) < 4.78 is 42.9. The van der Waals surface area contributed by atoms with E-state index in [0.717, 1.165) is 0 Å². The fourth-order valence-electron chi connectivity index (χ4n) is 2.59. The highest BCUT2D eigenvalue weighted by Gasteiger charge is 2.26. The highest BCUT2D eigenvalue weighted by Crippen LogP contribution is 2.30. The molecule has 2 aromatic carbocycles. The largest absolute Gasteiger partial charge is 0.243 e. The number of rotatable bonds is 1. The molecular formula is C15H11FN4O2S. The second kappa shape index (κ2) is 4.97. The minimum atomic E-state index is -3.72. The summed E-state index contributed by atoms with van der Waals surface area (Å²) in [4.78, 5) is 0.0440. The number of sulfonamides is 1. The fourth-order valence-corrected chi connectivity index (χ4v) is 3.80. The lowest BCUT2D eigenvalue weighted by molar-refractivity contribution is 0.582. The number of halogens is 1. The first-order chi connectivity index (χ1) is 11.1. The topological polar surface area (TPSA) is 76.9 Å². The van der Waals surface area contributed by atoms with Crippen LogP contribution in [0.4, 0.5) is 4.39 Å². The van der Waals surface area contributed by atoms with Crippen LogP contribution >= 0.6 is 0 Å². The molecule has 4 rings (SSSR count). The molecule has 0 saturated carbocycles. The van der Waals surface area contributed by atoms with Crippen molar-refractivity contribution in [2.45, 2.75) is 11.4 Å². The maximum Gasteiger partial charge on any atom is 0.243 e. The molecule has 0 saturated heterocycles. The molecule has 1 aliphatic rings. The van der Waals surface area contributed by atoms with Crippen LogP contribution in [0.5, 0.6) is 0 Å². The Morgan fingerprint density at radius 1 is 1.17 bits per heavy atom. The number of benzene rings is 2. The van der Waals surface area contributed by atoms with Gasteiger partial charge in [-0.25, -0.2) is 22.2 Å². The van der Waals surface area contributed by atoms with Gasteiger partial charge in [-0.3, -0.25) is 0 Å². The van der Waals surface area contributed by atoms with Crippen LogP contribution in [0.3, 0.4) is 0 Å². The SMILES string of the molecule is O=S1(=O)NCc2cnnn2-c2ccc(-c3ccccc3F)cc21. The van der Waals surface area contributed by atoms with E-state index in [9.17, 15) is 12.8 Å². The molecule has 0 bridgehead atoms. The van der Waals surface area contributed by atoms with Gasteiger partial charge in [0.05, 0.1) is 24.1 Å². The van der Waals surface area contributed by atoms with Crippen molar-refractivity contribution >= 4 is 10.0 Å². The van der Waals surface area contributed by atoms with Crippen LogP contribution < -0.4 is 4.72 Å². The van der Waals surface area contributed by atoms with Crippen molar-refractivity contribution in [2.24, 2.45) is 0 Å². The molecule has 0 radical (unpaired) electrons. The molecule has 0 amide bonds. The zero-order valence-corrected chi connectivity index (χ0v) is 12.6. The van der Waals surface area contributed by atoms with Gasteiger partial charge in [0.25, 0.3) is 0 Å². The Hall–Kier alpha value is -2.58. The number of nitrogens with one attached hydrogen (secondary N) is 1. The lowest BCUT2D eigenvalue weighted by atomic mass is 10.0. The monoisotopic (exact) mass is 330 g/mol. The zero-order valence-electron chi connectivity index (χ0n) is 11.8. The zero-order chi connectivity index (χ0) is 16.0. The van der Waals surface area contributed by atoms with E-state index in [4.69, 9.17) is 0 Å². The van der Waals surface area contributed by atoms with Crippen molar-refractivity contribution in [3.8, 4) is 16.8 Å². The minimum absolute atomic E-state index is 0.0440. The van der Waals surface area contributed by atoms with Gasteiger partial charge in [0.1, 0.15) is 10.7 Å². The smallest absolute Gasteiger partial charge is 0.215 e. The lowest BCUT2D eigenvalue weighted by Gasteiger charge is -2.10. The van der Waals surface area contributed by atoms with Crippen LogP contribution in [0.2, 0.25) is 0 Å². The molecular weight excluding hydrogens is 319 g/mol. The van der Waals surface area contributed by atoms with Crippen LogP contribution in [0.25, 0.3) is 16.8 Å². The Balaban J connectivity index is 1.98. The van der Waals surface area contributed by atoms with Gasteiger partial charge in [-0.1, -0.05) is 29.5 Å². The van der Waals surface area contributed by atoms with Crippen molar-refractivity contribution in [3.05, 3.63) is 60.2 Å².